The molecule has 11 heteroatoms. The first-order chi connectivity index (χ1) is 20.7. The molecule has 238 valence electrons. The van der Waals surface area contributed by atoms with Crippen molar-refractivity contribution in [1.82, 2.24) is 20.7 Å². The molecule has 0 spiro atoms. The van der Waals surface area contributed by atoms with E-state index in [2.05, 4.69) is 56.5 Å². The lowest BCUT2D eigenvalue weighted by Gasteiger charge is -2.35. The van der Waals surface area contributed by atoms with Crippen LogP contribution < -0.4 is 10.7 Å². The summed E-state index contributed by atoms with van der Waals surface area (Å²) in [6, 6.07) is 12.6. The maximum Gasteiger partial charge on any atom is 0.408 e. The SMILES string of the molecule is COC(=O)C1CCCN(C(=O)C(Cc2cccc(-c3ccc4[nH]c(I)c(CC(C)(C)CO)c4c3)c2)NC(=O)OC(C)(C)C)N1. The minimum Gasteiger partial charge on any atom is -0.468 e. The van der Waals surface area contributed by atoms with Crippen LogP contribution in [-0.2, 0) is 31.9 Å². The van der Waals surface area contributed by atoms with Crippen LogP contribution in [0.15, 0.2) is 42.5 Å². The van der Waals surface area contributed by atoms with E-state index in [9.17, 15) is 19.5 Å². The number of benzene rings is 2. The molecule has 3 aromatic rings. The predicted octanol–water partition coefficient (Wildman–Crippen LogP) is 5.10. The zero-order valence-electron chi connectivity index (χ0n) is 26.3. The zero-order valence-corrected chi connectivity index (χ0v) is 28.4. The Morgan fingerprint density at radius 3 is 2.52 bits per heavy atom. The van der Waals surface area contributed by atoms with Gasteiger partial charge in [-0.2, -0.15) is 0 Å². The number of hydrazine groups is 1. The Kier molecular flexibility index (Phi) is 10.6. The van der Waals surface area contributed by atoms with Gasteiger partial charge in [-0.25, -0.2) is 10.2 Å². The number of hydrogen-bond acceptors (Lipinski definition) is 7. The van der Waals surface area contributed by atoms with Crippen LogP contribution in [0.5, 0.6) is 0 Å². The number of aromatic amines is 1. The second-order valence-electron chi connectivity index (χ2n) is 13.1. The number of halogens is 1. The quantitative estimate of drug-likeness (QED) is 0.179. The third kappa shape index (κ3) is 8.51. The maximum absolute atomic E-state index is 13.8. The topological polar surface area (TPSA) is 133 Å². The fourth-order valence-corrected chi connectivity index (χ4v) is 6.08. The molecule has 1 saturated heterocycles. The van der Waals surface area contributed by atoms with Crippen LogP contribution in [0, 0.1) is 9.12 Å². The molecule has 1 aliphatic rings. The number of H-pyrrole nitrogens is 1. The molecule has 2 unspecified atom stereocenters. The fourth-order valence-electron chi connectivity index (χ4n) is 5.31. The number of aromatic nitrogens is 1. The molecule has 0 saturated carbocycles. The van der Waals surface area contributed by atoms with Gasteiger partial charge in [-0.15, -0.1) is 0 Å². The smallest absolute Gasteiger partial charge is 0.408 e. The molecule has 2 heterocycles. The molecule has 0 bridgehead atoms. The predicted molar refractivity (Wildman–Crippen MR) is 178 cm³/mol. The Hall–Kier alpha value is -3.16. The highest BCUT2D eigenvalue weighted by Gasteiger charge is 2.34. The monoisotopic (exact) mass is 718 g/mol. The van der Waals surface area contributed by atoms with Crippen LogP contribution in [0.2, 0.25) is 0 Å². The highest BCUT2D eigenvalue weighted by Crippen LogP contribution is 2.33. The van der Waals surface area contributed by atoms with E-state index < -0.39 is 29.7 Å². The first kappa shape index (κ1) is 33.7. The summed E-state index contributed by atoms with van der Waals surface area (Å²) in [5, 5.41) is 15.1. The number of nitrogens with zero attached hydrogens (tertiary/aromatic N) is 1. The summed E-state index contributed by atoms with van der Waals surface area (Å²) in [7, 11) is 1.32. The van der Waals surface area contributed by atoms with Gasteiger partial charge >= 0.3 is 12.1 Å². The lowest BCUT2D eigenvalue weighted by Crippen LogP contribution is -2.60. The van der Waals surface area contributed by atoms with Crippen molar-refractivity contribution in [3.63, 3.8) is 0 Å². The molecular formula is C33H43IN4O6. The van der Waals surface area contributed by atoms with Crippen LogP contribution in [0.4, 0.5) is 4.79 Å². The van der Waals surface area contributed by atoms with Crippen molar-refractivity contribution in [3.05, 3.63) is 57.3 Å². The van der Waals surface area contributed by atoms with Crippen LogP contribution in [0.3, 0.4) is 0 Å². The summed E-state index contributed by atoms with van der Waals surface area (Å²) < 4.78 is 11.4. The Balaban J connectivity index is 1.62. The maximum atomic E-state index is 13.8. The normalized spacial score (nSPS) is 16.5. The zero-order chi connectivity index (χ0) is 32.2. The molecule has 0 aliphatic carbocycles. The summed E-state index contributed by atoms with van der Waals surface area (Å²) >= 11 is 2.31. The standard InChI is InChI=1S/C33H43IN4O6/c1-32(2,3)44-31(42)36-27(29(40)38-14-8-11-26(37-38)30(41)43-6)16-20-9-7-10-21(15-20)22-12-13-25-23(17-22)24(28(34)35-25)18-33(4,5)19-39/h7,9-10,12-13,15,17,26-27,35,37,39H,8,11,14,16,18-19H2,1-6H3,(H,36,42). The molecule has 1 fully saturated rings. The summed E-state index contributed by atoms with van der Waals surface area (Å²) in [4.78, 5) is 42.2. The summed E-state index contributed by atoms with van der Waals surface area (Å²) in [6.07, 6.45) is 1.41. The third-order valence-electron chi connectivity index (χ3n) is 7.56. The summed E-state index contributed by atoms with van der Waals surface area (Å²) in [5.74, 6) is -0.807. The Labute approximate surface area is 272 Å². The molecule has 1 aliphatic heterocycles. The number of esters is 1. The molecule has 4 N–H and O–H groups in total. The first-order valence-corrected chi connectivity index (χ1v) is 15.9. The minimum atomic E-state index is -0.940. The average molecular weight is 719 g/mol. The van der Waals surface area contributed by atoms with E-state index in [1.807, 2.05) is 38.1 Å². The molecule has 2 amide bonds. The number of hydrogen-bond donors (Lipinski definition) is 4. The van der Waals surface area contributed by atoms with Gasteiger partial charge in [0.2, 0.25) is 0 Å². The van der Waals surface area contributed by atoms with Crippen molar-refractivity contribution in [3.8, 4) is 11.1 Å². The number of nitrogens with one attached hydrogen (secondary N) is 3. The number of aliphatic hydroxyl groups is 1. The molecule has 1 aromatic heterocycles. The van der Waals surface area contributed by atoms with E-state index >= 15 is 0 Å². The molecule has 44 heavy (non-hydrogen) atoms. The molecule has 2 aromatic carbocycles. The van der Waals surface area contributed by atoms with Crippen molar-refractivity contribution in [2.75, 3.05) is 20.3 Å². The van der Waals surface area contributed by atoms with Gasteiger partial charge in [0.15, 0.2) is 0 Å². The van der Waals surface area contributed by atoms with Gasteiger partial charge < -0.3 is 24.9 Å². The van der Waals surface area contributed by atoms with E-state index in [0.717, 1.165) is 37.7 Å². The van der Waals surface area contributed by atoms with Gasteiger partial charge in [0.25, 0.3) is 5.91 Å². The Morgan fingerprint density at radius 2 is 1.84 bits per heavy atom. The molecular weight excluding hydrogens is 675 g/mol. The number of carbonyl (C=O) groups is 3. The summed E-state index contributed by atoms with van der Waals surface area (Å²) in [5.41, 5.74) is 7.01. The van der Waals surface area contributed by atoms with Crippen LogP contribution in [-0.4, -0.2) is 71.0 Å². The van der Waals surface area contributed by atoms with Gasteiger partial charge in [0.1, 0.15) is 17.7 Å². The van der Waals surface area contributed by atoms with Crippen molar-refractivity contribution >= 4 is 51.5 Å². The van der Waals surface area contributed by atoms with Gasteiger partial charge in [-0.1, -0.05) is 44.2 Å². The van der Waals surface area contributed by atoms with Gasteiger partial charge in [0.05, 0.1) is 10.8 Å². The average Bonchev–Trinajstić information content (AvgIpc) is 3.28. The van der Waals surface area contributed by atoms with E-state index in [1.165, 1.54) is 17.7 Å². The number of ether oxygens (including phenoxy) is 2. The van der Waals surface area contributed by atoms with Gasteiger partial charge in [-0.05, 0) is 102 Å². The fraction of sp³-hybridized carbons (Fsp3) is 0.485. The van der Waals surface area contributed by atoms with Gasteiger partial charge in [0, 0.05) is 30.5 Å². The largest absolute Gasteiger partial charge is 0.468 e. The van der Waals surface area contributed by atoms with Crippen molar-refractivity contribution < 1.29 is 29.0 Å². The van der Waals surface area contributed by atoms with E-state index in [-0.39, 0.29) is 24.3 Å². The van der Waals surface area contributed by atoms with E-state index in [1.54, 1.807) is 20.8 Å². The van der Waals surface area contributed by atoms with Crippen molar-refractivity contribution in [2.24, 2.45) is 5.41 Å². The highest BCUT2D eigenvalue weighted by atomic mass is 127. The minimum absolute atomic E-state index is 0.0883. The van der Waals surface area contributed by atoms with Crippen LogP contribution in [0.25, 0.3) is 22.0 Å². The highest BCUT2D eigenvalue weighted by molar-refractivity contribution is 14.1. The second kappa shape index (κ2) is 13.9. The molecule has 10 nitrogen and oxygen atoms in total. The van der Waals surface area contributed by atoms with Crippen molar-refractivity contribution in [1.29, 1.82) is 0 Å². The number of methoxy groups -OCH3 is 1. The number of carbonyl (C=O) groups excluding carboxylic acids is 3. The summed E-state index contributed by atoms with van der Waals surface area (Å²) in [6.45, 7) is 9.87. The van der Waals surface area contributed by atoms with Crippen LogP contribution >= 0.6 is 22.6 Å². The van der Waals surface area contributed by atoms with Crippen LogP contribution in [0.1, 0.15) is 58.6 Å². The Bertz CT molecular complexity index is 1510. The first-order valence-electron chi connectivity index (χ1n) is 14.8. The molecule has 4 rings (SSSR count). The number of fused-ring (bicyclic) bond motifs is 1. The van der Waals surface area contributed by atoms with E-state index in [0.29, 0.717) is 19.4 Å². The molecule has 0 radical (unpaired) electrons. The lowest BCUT2D eigenvalue weighted by molar-refractivity contribution is -0.150. The number of rotatable bonds is 9. The van der Waals surface area contributed by atoms with E-state index in [4.69, 9.17) is 9.47 Å². The van der Waals surface area contributed by atoms with Crippen molar-refractivity contribution in [2.45, 2.75) is 78.0 Å². The lowest BCUT2D eigenvalue weighted by atomic mass is 9.86. The molecule has 2 atom stereocenters. The second-order valence-corrected chi connectivity index (χ2v) is 14.2. The number of aliphatic hydroxyl groups excluding tert-OH is 1. The van der Waals surface area contributed by atoms with Gasteiger partial charge in [-0.3, -0.25) is 14.6 Å². The number of amides is 2. The number of alkyl carbamates (subject to hydrolysis) is 1. The third-order valence-corrected chi connectivity index (χ3v) is 8.49. The Morgan fingerprint density at radius 1 is 1.11 bits per heavy atom.